The minimum atomic E-state index is 0.692. The van der Waals surface area contributed by atoms with Crippen molar-refractivity contribution in [2.45, 2.75) is 20.3 Å². The molecule has 2 nitrogen and oxygen atoms in total. The molecule has 1 aromatic rings. The smallest absolute Gasteiger partial charge is 0.273 e. The van der Waals surface area contributed by atoms with Gasteiger partial charge >= 0.3 is 0 Å². The van der Waals surface area contributed by atoms with Gasteiger partial charge in [0, 0.05) is 0 Å². The number of ether oxygens (including phenoxy) is 1. The molecule has 0 saturated heterocycles. The first kappa shape index (κ1) is 10.9. The molecule has 1 rings (SSSR count). The summed E-state index contributed by atoms with van der Waals surface area (Å²) in [6.45, 7) is 4.25. The van der Waals surface area contributed by atoms with Gasteiger partial charge in [-0.2, -0.15) is 0 Å². The zero-order chi connectivity index (χ0) is 8.69. The highest BCUT2D eigenvalue weighted by Crippen LogP contribution is 2.24. The summed E-state index contributed by atoms with van der Waals surface area (Å²) >= 11 is 4.72. The van der Waals surface area contributed by atoms with Crippen molar-refractivity contribution < 1.29 is 4.74 Å². The Morgan fingerprint density at radius 1 is 1.64 bits per heavy atom. The van der Waals surface area contributed by atoms with Gasteiger partial charge in [-0.3, -0.25) is 0 Å². The van der Waals surface area contributed by atoms with Gasteiger partial charge in [0.2, 0.25) is 0 Å². The van der Waals surface area contributed by atoms with E-state index in [-0.39, 0.29) is 0 Å². The van der Waals surface area contributed by atoms with Gasteiger partial charge in [-0.1, -0.05) is 31.6 Å². The lowest BCUT2D eigenvalue weighted by molar-refractivity contribution is 0.412. The van der Waals surface area contributed by atoms with E-state index in [0.29, 0.717) is 5.19 Å². The van der Waals surface area contributed by atoms with Crippen molar-refractivity contribution in [3.05, 3.63) is 9.98 Å². The van der Waals surface area contributed by atoms with Gasteiger partial charge in [-0.25, -0.2) is 4.98 Å². The van der Waals surface area contributed by atoms with E-state index < -0.39 is 0 Å². The minimum absolute atomic E-state index is 0.692. The van der Waals surface area contributed by atoms with Crippen molar-refractivity contribution in [3.63, 3.8) is 0 Å². The summed E-state index contributed by atoms with van der Waals surface area (Å²) in [5.74, 6) is 0. The van der Waals surface area contributed by atoms with Crippen molar-refractivity contribution in [1.29, 1.82) is 0 Å². The summed E-state index contributed by atoms with van der Waals surface area (Å²) in [5, 5.41) is 0.692. The first-order valence-corrected chi connectivity index (χ1v) is 5.00. The van der Waals surface area contributed by atoms with Crippen molar-refractivity contribution >= 4 is 27.3 Å². The Bertz CT molecular complexity index is 190. The van der Waals surface area contributed by atoms with E-state index in [0.717, 1.165) is 3.79 Å². The van der Waals surface area contributed by atoms with Crippen LogP contribution in [0.1, 0.15) is 20.3 Å². The fraction of sp³-hybridized carbons (Fsp3) is 0.571. The Morgan fingerprint density at radius 2 is 2.18 bits per heavy atom. The zero-order valence-electron chi connectivity index (χ0n) is 6.93. The molecule has 0 spiro atoms. The van der Waals surface area contributed by atoms with Gasteiger partial charge in [0.05, 0.1) is 17.1 Å². The molecule has 1 heterocycles. The Labute approximate surface area is 79.7 Å². The van der Waals surface area contributed by atoms with Gasteiger partial charge in [-0.05, 0) is 15.9 Å². The third-order valence-electron chi connectivity index (χ3n) is 0.631. The minimum Gasteiger partial charge on any atom is -0.473 e. The number of halogens is 1. The second kappa shape index (κ2) is 6.61. The van der Waals surface area contributed by atoms with Crippen LogP contribution < -0.4 is 4.74 Å². The number of rotatable bonds is 1. The van der Waals surface area contributed by atoms with E-state index in [1.807, 2.05) is 0 Å². The molecule has 0 aliphatic rings. The Kier molecular flexibility index (Phi) is 6.56. The molecule has 64 valence electrons. The molecule has 0 aromatic carbocycles. The number of aromatic nitrogens is 1. The van der Waals surface area contributed by atoms with Crippen LogP contribution in [0, 0.1) is 0 Å². The predicted molar refractivity (Wildman–Crippen MR) is 52.3 cm³/mol. The first-order chi connectivity index (χ1) is 5.24. The van der Waals surface area contributed by atoms with Crippen molar-refractivity contribution in [2.75, 3.05) is 7.11 Å². The molecular formula is C7H12BrNOS. The molecule has 0 N–H and O–H groups in total. The fourth-order valence-corrected chi connectivity index (χ4v) is 1.31. The molecule has 0 aliphatic carbocycles. The summed E-state index contributed by atoms with van der Waals surface area (Å²) < 4.78 is 5.81. The maximum atomic E-state index is 4.81. The standard InChI is InChI=1S/C4H4BrNOS.C3H8/c1-7-4-6-2-3(5)8-4;1-3-2/h2H,1H3;3H2,1-2H3. The molecule has 4 heteroatoms. The first-order valence-electron chi connectivity index (χ1n) is 3.39. The highest BCUT2D eigenvalue weighted by atomic mass is 79.9. The lowest BCUT2D eigenvalue weighted by Gasteiger charge is -1.84. The molecule has 0 aliphatic heterocycles. The van der Waals surface area contributed by atoms with E-state index >= 15 is 0 Å². The third kappa shape index (κ3) is 5.21. The van der Waals surface area contributed by atoms with Gasteiger partial charge in [0.1, 0.15) is 0 Å². The molecule has 0 saturated carbocycles. The molecule has 0 fully saturated rings. The normalized spacial score (nSPS) is 8.36. The molecule has 0 unspecified atom stereocenters. The van der Waals surface area contributed by atoms with Gasteiger partial charge < -0.3 is 4.74 Å². The van der Waals surface area contributed by atoms with Gasteiger partial charge in [0.25, 0.3) is 5.19 Å². The van der Waals surface area contributed by atoms with Crippen LogP contribution in [0.2, 0.25) is 0 Å². The van der Waals surface area contributed by atoms with Crippen LogP contribution in [0.15, 0.2) is 9.98 Å². The van der Waals surface area contributed by atoms with Gasteiger partial charge in [-0.15, -0.1) is 0 Å². The summed E-state index contributed by atoms with van der Waals surface area (Å²) in [7, 11) is 1.60. The Hall–Kier alpha value is -0.0900. The summed E-state index contributed by atoms with van der Waals surface area (Å²) in [5.41, 5.74) is 0. The van der Waals surface area contributed by atoms with E-state index in [1.165, 1.54) is 17.8 Å². The highest BCUT2D eigenvalue weighted by molar-refractivity contribution is 9.11. The average Bonchev–Trinajstić information content (AvgIpc) is 2.37. The SMILES string of the molecule is CCC.COc1ncc(Br)s1. The molecule has 0 radical (unpaired) electrons. The topological polar surface area (TPSA) is 22.1 Å². The maximum Gasteiger partial charge on any atom is 0.273 e. The predicted octanol–water partition coefficient (Wildman–Crippen LogP) is 3.33. The van der Waals surface area contributed by atoms with Crippen LogP contribution >= 0.6 is 27.3 Å². The molecule has 0 atom stereocenters. The fourth-order valence-electron chi connectivity index (χ4n) is 0.334. The van der Waals surface area contributed by atoms with Crippen molar-refractivity contribution in [1.82, 2.24) is 4.98 Å². The lowest BCUT2D eigenvalue weighted by Crippen LogP contribution is -1.76. The van der Waals surface area contributed by atoms with Crippen LogP contribution in [0.3, 0.4) is 0 Å². The number of thiazole rings is 1. The number of nitrogens with zero attached hydrogens (tertiary/aromatic N) is 1. The van der Waals surface area contributed by atoms with Gasteiger partial charge in [0.15, 0.2) is 0 Å². The molecule has 11 heavy (non-hydrogen) atoms. The maximum absolute atomic E-state index is 4.81. The highest BCUT2D eigenvalue weighted by Gasteiger charge is 1.94. The van der Waals surface area contributed by atoms with E-state index in [9.17, 15) is 0 Å². The van der Waals surface area contributed by atoms with Crippen LogP contribution in [-0.2, 0) is 0 Å². The average molecular weight is 238 g/mol. The van der Waals surface area contributed by atoms with Crippen LogP contribution in [-0.4, -0.2) is 12.1 Å². The summed E-state index contributed by atoms with van der Waals surface area (Å²) in [6.07, 6.45) is 2.96. The number of hydrogen-bond acceptors (Lipinski definition) is 3. The second-order valence-corrected chi connectivity index (χ2v) is 4.21. The van der Waals surface area contributed by atoms with Crippen molar-refractivity contribution in [3.8, 4) is 5.19 Å². The zero-order valence-corrected chi connectivity index (χ0v) is 9.33. The lowest BCUT2D eigenvalue weighted by atomic mass is 10.6. The number of hydrogen-bond donors (Lipinski definition) is 0. The molecule has 0 amide bonds. The summed E-state index contributed by atoms with van der Waals surface area (Å²) in [4.78, 5) is 3.88. The monoisotopic (exact) mass is 237 g/mol. The van der Waals surface area contributed by atoms with E-state index in [2.05, 4.69) is 34.8 Å². The quantitative estimate of drug-likeness (QED) is 0.748. The molecule has 1 aromatic heterocycles. The van der Waals surface area contributed by atoms with Crippen molar-refractivity contribution in [2.24, 2.45) is 0 Å². The second-order valence-electron chi connectivity index (χ2n) is 1.84. The molecule has 0 bridgehead atoms. The summed E-state index contributed by atoms with van der Waals surface area (Å²) in [6, 6.07) is 0. The van der Waals surface area contributed by atoms with Crippen LogP contribution in [0.4, 0.5) is 0 Å². The number of methoxy groups -OCH3 is 1. The largest absolute Gasteiger partial charge is 0.473 e. The third-order valence-corrected chi connectivity index (χ3v) is 2.07. The van der Waals surface area contributed by atoms with E-state index in [1.54, 1.807) is 13.3 Å². The molecular weight excluding hydrogens is 226 g/mol. The van der Waals surface area contributed by atoms with Crippen LogP contribution in [0.5, 0.6) is 5.19 Å². The van der Waals surface area contributed by atoms with Crippen LogP contribution in [0.25, 0.3) is 0 Å². The Morgan fingerprint density at radius 3 is 2.36 bits per heavy atom. The Balaban J connectivity index is 0.000000292. The van der Waals surface area contributed by atoms with E-state index in [4.69, 9.17) is 4.74 Å².